The molecule has 0 aromatic heterocycles. The third-order valence-electron chi connectivity index (χ3n) is 4.35. The lowest BCUT2D eigenvalue weighted by Crippen LogP contribution is -2.55. The fourth-order valence-corrected chi connectivity index (χ4v) is 3.12. The van der Waals surface area contributed by atoms with Crippen molar-refractivity contribution in [3.8, 4) is 0 Å². The van der Waals surface area contributed by atoms with Crippen molar-refractivity contribution in [2.24, 2.45) is 0 Å². The van der Waals surface area contributed by atoms with E-state index in [1.807, 2.05) is 60.7 Å². The molecule has 1 N–H and O–H groups in total. The summed E-state index contributed by atoms with van der Waals surface area (Å²) in [5.74, 6) is 0. The highest BCUT2D eigenvalue weighted by atomic mass is 16.8. The molecule has 2 aromatic carbocycles. The van der Waals surface area contributed by atoms with E-state index in [1.54, 1.807) is 0 Å². The van der Waals surface area contributed by atoms with Gasteiger partial charge in [-0.25, -0.2) is 0 Å². The first-order valence-corrected chi connectivity index (χ1v) is 8.14. The molecule has 2 aliphatic heterocycles. The van der Waals surface area contributed by atoms with Crippen LogP contribution in [0.4, 0.5) is 0 Å². The summed E-state index contributed by atoms with van der Waals surface area (Å²) in [6.07, 6.45) is -2.09. The Kier molecular flexibility index (Phi) is 4.60. The molecule has 126 valence electrons. The van der Waals surface area contributed by atoms with Crippen LogP contribution in [-0.4, -0.2) is 36.6 Å². The Bertz CT molecular complexity index is 639. The number of ether oxygens (including phenoxy) is 4. The van der Waals surface area contributed by atoms with E-state index in [1.165, 1.54) is 0 Å². The molecule has 0 aliphatic carbocycles. The molecule has 2 aromatic rings. The van der Waals surface area contributed by atoms with Gasteiger partial charge in [0.05, 0.1) is 13.2 Å². The number of hydrogen-bond donors (Lipinski definition) is 1. The third kappa shape index (κ3) is 3.09. The lowest BCUT2D eigenvalue weighted by molar-refractivity contribution is -0.366. The lowest BCUT2D eigenvalue weighted by atomic mass is 10.0. The van der Waals surface area contributed by atoms with Gasteiger partial charge in [0.1, 0.15) is 18.3 Å². The Morgan fingerprint density at radius 2 is 1.42 bits per heavy atom. The number of aliphatic hydroxyl groups excluding tert-OH is 1. The smallest absolute Gasteiger partial charge is 0.184 e. The Balaban J connectivity index is 1.51. The summed E-state index contributed by atoms with van der Waals surface area (Å²) >= 11 is 0. The van der Waals surface area contributed by atoms with Crippen molar-refractivity contribution in [2.75, 3.05) is 13.2 Å². The van der Waals surface area contributed by atoms with Crippen LogP contribution in [0.3, 0.4) is 0 Å². The van der Waals surface area contributed by atoms with E-state index in [9.17, 15) is 5.11 Å². The Morgan fingerprint density at radius 1 is 0.792 bits per heavy atom. The van der Waals surface area contributed by atoms with Crippen LogP contribution in [0.25, 0.3) is 0 Å². The molecule has 0 spiro atoms. The number of hydrogen-bond acceptors (Lipinski definition) is 5. The van der Waals surface area contributed by atoms with Crippen LogP contribution in [0, 0.1) is 0 Å². The molecule has 4 rings (SSSR count). The van der Waals surface area contributed by atoms with Gasteiger partial charge in [-0.15, -0.1) is 0 Å². The Labute approximate surface area is 140 Å². The van der Waals surface area contributed by atoms with Crippen molar-refractivity contribution in [3.05, 3.63) is 71.8 Å². The summed E-state index contributed by atoms with van der Waals surface area (Å²) < 4.78 is 23.8. The number of benzene rings is 2. The zero-order valence-corrected chi connectivity index (χ0v) is 13.2. The fourth-order valence-electron chi connectivity index (χ4n) is 3.12. The molecule has 2 aliphatic rings. The zero-order chi connectivity index (χ0) is 16.4. The molecule has 5 nitrogen and oxygen atoms in total. The van der Waals surface area contributed by atoms with E-state index in [2.05, 4.69) is 0 Å². The highest BCUT2D eigenvalue weighted by Gasteiger charge is 2.45. The van der Waals surface area contributed by atoms with Gasteiger partial charge in [0.25, 0.3) is 0 Å². The number of rotatable bonds is 3. The normalized spacial score (nSPS) is 33.0. The standard InChI is InChI=1S/C19H20O5/c20-11-15-17-16(23-19(22-15)14-9-5-2-6-10-14)12-21-18(24-17)13-7-3-1-4-8-13/h1-10,15-20H,11-12H2/t15-,16+,17-,18-,19-/m0/s1. The number of fused-ring (bicyclic) bond motifs is 1. The molecule has 0 amide bonds. The van der Waals surface area contributed by atoms with E-state index < -0.39 is 18.7 Å². The summed E-state index contributed by atoms with van der Waals surface area (Å²) in [6, 6.07) is 19.4. The van der Waals surface area contributed by atoms with Gasteiger partial charge in [-0.1, -0.05) is 60.7 Å². The van der Waals surface area contributed by atoms with Gasteiger partial charge in [0.15, 0.2) is 12.6 Å². The predicted molar refractivity (Wildman–Crippen MR) is 86.0 cm³/mol. The van der Waals surface area contributed by atoms with Crippen molar-refractivity contribution >= 4 is 0 Å². The van der Waals surface area contributed by atoms with Gasteiger partial charge in [0.2, 0.25) is 0 Å². The fraction of sp³-hybridized carbons (Fsp3) is 0.368. The Hall–Kier alpha value is -1.76. The van der Waals surface area contributed by atoms with Crippen molar-refractivity contribution in [2.45, 2.75) is 30.9 Å². The van der Waals surface area contributed by atoms with Crippen LogP contribution >= 0.6 is 0 Å². The van der Waals surface area contributed by atoms with Crippen LogP contribution in [0.15, 0.2) is 60.7 Å². The van der Waals surface area contributed by atoms with Crippen LogP contribution in [-0.2, 0) is 18.9 Å². The molecule has 0 radical (unpaired) electrons. The minimum atomic E-state index is -0.523. The maximum absolute atomic E-state index is 9.75. The maximum Gasteiger partial charge on any atom is 0.184 e. The lowest BCUT2D eigenvalue weighted by Gasteiger charge is -2.45. The molecule has 2 fully saturated rings. The second-order valence-electron chi connectivity index (χ2n) is 5.95. The van der Waals surface area contributed by atoms with Crippen molar-refractivity contribution in [3.63, 3.8) is 0 Å². The molecule has 0 unspecified atom stereocenters. The average molecular weight is 328 g/mol. The summed E-state index contributed by atoms with van der Waals surface area (Å²) in [5.41, 5.74) is 1.86. The van der Waals surface area contributed by atoms with E-state index in [4.69, 9.17) is 18.9 Å². The molecule has 0 bridgehead atoms. The molecule has 5 heteroatoms. The summed E-state index contributed by atoms with van der Waals surface area (Å²) in [7, 11) is 0. The van der Waals surface area contributed by atoms with Gasteiger partial charge >= 0.3 is 0 Å². The monoisotopic (exact) mass is 328 g/mol. The van der Waals surface area contributed by atoms with E-state index in [0.29, 0.717) is 6.61 Å². The average Bonchev–Trinajstić information content (AvgIpc) is 2.68. The SMILES string of the molecule is OC[C@@H]1O[C@H](c2ccccc2)O[C@@H]2CO[C@H](c3ccccc3)O[C@@H]12. The van der Waals surface area contributed by atoms with Gasteiger partial charge < -0.3 is 24.1 Å². The molecular formula is C19H20O5. The molecule has 0 saturated carbocycles. The zero-order valence-electron chi connectivity index (χ0n) is 13.2. The Morgan fingerprint density at radius 3 is 2.04 bits per heavy atom. The topological polar surface area (TPSA) is 57.2 Å². The van der Waals surface area contributed by atoms with Gasteiger partial charge in [-0.3, -0.25) is 0 Å². The predicted octanol–water partition coefficient (Wildman–Crippen LogP) is 2.58. The maximum atomic E-state index is 9.75. The first kappa shape index (κ1) is 15.7. The first-order chi connectivity index (χ1) is 11.8. The molecule has 24 heavy (non-hydrogen) atoms. The van der Waals surface area contributed by atoms with Crippen molar-refractivity contribution in [1.82, 2.24) is 0 Å². The second kappa shape index (κ2) is 7.01. The van der Waals surface area contributed by atoms with E-state index in [0.717, 1.165) is 11.1 Å². The van der Waals surface area contributed by atoms with Gasteiger partial charge in [-0.2, -0.15) is 0 Å². The largest absolute Gasteiger partial charge is 0.394 e. The van der Waals surface area contributed by atoms with Crippen LogP contribution < -0.4 is 0 Å². The molecule has 2 saturated heterocycles. The summed E-state index contributed by atoms with van der Waals surface area (Å²) in [5, 5.41) is 9.75. The van der Waals surface area contributed by atoms with Gasteiger partial charge in [0, 0.05) is 11.1 Å². The summed E-state index contributed by atoms with van der Waals surface area (Å²) in [4.78, 5) is 0. The quantitative estimate of drug-likeness (QED) is 0.938. The van der Waals surface area contributed by atoms with Crippen LogP contribution in [0.1, 0.15) is 23.7 Å². The first-order valence-electron chi connectivity index (χ1n) is 8.14. The van der Waals surface area contributed by atoms with Crippen molar-refractivity contribution in [1.29, 1.82) is 0 Å². The van der Waals surface area contributed by atoms with E-state index in [-0.39, 0.29) is 18.8 Å². The van der Waals surface area contributed by atoms with Crippen molar-refractivity contribution < 1.29 is 24.1 Å². The van der Waals surface area contributed by atoms with E-state index >= 15 is 0 Å². The van der Waals surface area contributed by atoms with Crippen LogP contribution in [0.2, 0.25) is 0 Å². The van der Waals surface area contributed by atoms with Crippen LogP contribution in [0.5, 0.6) is 0 Å². The highest BCUT2D eigenvalue weighted by molar-refractivity contribution is 5.18. The molecule has 2 heterocycles. The molecule has 5 atom stereocenters. The van der Waals surface area contributed by atoms with Gasteiger partial charge in [-0.05, 0) is 0 Å². The minimum absolute atomic E-state index is 0.130. The minimum Gasteiger partial charge on any atom is -0.394 e. The second-order valence-corrected chi connectivity index (χ2v) is 5.95. The molecular weight excluding hydrogens is 308 g/mol. The summed E-state index contributed by atoms with van der Waals surface area (Å²) in [6.45, 7) is 0.267. The highest BCUT2D eigenvalue weighted by Crippen LogP contribution is 2.37. The number of aliphatic hydroxyl groups is 1. The third-order valence-corrected chi connectivity index (χ3v) is 4.35.